The minimum atomic E-state index is 0.132. The molecule has 0 bridgehead atoms. The van der Waals surface area contributed by atoms with Crippen LogP contribution in [0.25, 0.3) is 0 Å². The first-order chi connectivity index (χ1) is 7.11. The normalized spacial score (nSPS) is 25.9. The number of rotatable bonds is 1. The highest BCUT2D eigenvalue weighted by atomic mass is 32.1. The van der Waals surface area contributed by atoms with Gasteiger partial charge in [0.15, 0.2) is 0 Å². The Balaban J connectivity index is 2.19. The standard InChI is InChI=1S/C11H16N2OS/c1-7-5-15-6-9(7)11(14)13-4-3-10(12)8(13)2/h5-6,8,10H,3-4,12H2,1-2H3. The number of hydrogen-bond donors (Lipinski definition) is 1. The van der Waals surface area contributed by atoms with Crippen LogP contribution in [0, 0.1) is 6.92 Å². The largest absolute Gasteiger partial charge is 0.334 e. The molecule has 0 radical (unpaired) electrons. The minimum absolute atomic E-state index is 0.132. The molecule has 2 unspecified atom stereocenters. The van der Waals surface area contributed by atoms with E-state index < -0.39 is 0 Å². The Morgan fingerprint density at radius 3 is 2.80 bits per heavy atom. The monoisotopic (exact) mass is 224 g/mol. The van der Waals surface area contributed by atoms with Gasteiger partial charge in [0.1, 0.15) is 0 Å². The Morgan fingerprint density at radius 2 is 2.33 bits per heavy atom. The molecule has 0 aliphatic carbocycles. The predicted molar refractivity (Wildman–Crippen MR) is 62.1 cm³/mol. The summed E-state index contributed by atoms with van der Waals surface area (Å²) in [6, 6.07) is 0.296. The van der Waals surface area contributed by atoms with Crippen molar-refractivity contribution in [3.63, 3.8) is 0 Å². The zero-order chi connectivity index (χ0) is 11.0. The lowest BCUT2D eigenvalue weighted by atomic mass is 10.1. The van der Waals surface area contributed by atoms with Crippen molar-refractivity contribution in [2.75, 3.05) is 6.54 Å². The van der Waals surface area contributed by atoms with Crippen LogP contribution in [0.15, 0.2) is 10.8 Å². The van der Waals surface area contributed by atoms with Crippen LogP contribution >= 0.6 is 11.3 Å². The molecule has 2 N–H and O–H groups in total. The summed E-state index contributed by atoms with van der Waals surface area (Å²) < 4.78 is 0. The first kappa shape index (κ1) is 10.6. The highest BCUT2D eigenvalue weighted by molar-refractivity contribution is 7.08. The quantitative estimate of drug-likeness (QED) is 0.788. The number of hydrogen-bond acceptors (Lipinski definition) is 3. The average molecular weight is 224 g/mol. The van der Waals surface area contributed by atoms with Gasteiger partial charge in [-0.25, -0.2) is 0 Å². The van der Waals surface area contributed by atoms with Crippen LogP contribution in [-0.2, 0) is 0 Å². The van der Waals surface area contributed by atoms with E-state index in [1.165, 1.54) is 0 Å². The minimum Gasteiger partial charge on any atom is -0.334 e. The molecule has 1 aliphatic heterocycles. The average Bonchev–Trinajstić information content (AvgIpc) is 2.75. The van der Waals surface area contributed by atoms with Crippen LogP contribution in [-0.4, -0.2) is 29.4 Å². The van der Waals surface area contributed by atoms with Crippen molar-refractivity contribution in [1.29, 1.82) is 0 Å². The molecule has 2 heterocycles. The Bertz CT molecular complexity index is 374. The van der Waals surface area contributed by atoms with Gasteiger partial charge in [-0.2, -0.15) is 11.3 Å². The van der Waals surface area contributed by atoms with Crippen LogP contribution in [0.3, 0.4) is 0 Å². The zero-order valence-electron chi connectivity index (χ0n) is 9.06. The van der Waals surface area contributed by atoms with Gasteiger partial charge < -0.3 is 10.6 Å². The summed E-state index contributed by atoms with van der Waals surface area (Å²) in [7, 11) is 0. The predicted octanol–water partition coefficient (Wildman–Crippen LogP) is 1.62. The third-order valence-electron chi connectivity index (χ3n) is 3.16. The van der Waals surface area contributed by atoms with Gasteiger partial charge in [-0.3, -0.25) is 4.79 Å². The van der Waals surface area contributed by atoms with Gasteiger partial charge in [0.25, 0.3) is 5.91 Å². The lowest BCUT2D eigenvalue weighted by molar-refractivity contribution is 0.0742. The van der Waals surface area contributed by atoms with Crippen molar-refractivity contribution in [2.45, 2.75) is 32.4 Å². The molecule has 3 nitrogen and oxygen atoms in total. The SMILES string of the molecule is Cc1cscc1C(=O)N1CCC(N)C1C. The molecule has 4 heteroatoms. The molecule has 1 aromatic rings. The molecule has 82 valence electrons. The van der Waals surface area contributed by atoms with Gasteiger partial charge in [-0.1, -0.05) is 0 Å². The van der Waals surface area contributed by atoms with E-state index in [-0.39, 0.29) is 18.0 Å². The second-order valence-corrected chi connectivity index (χ2v) is 4.90. The number of nitrogens with zero attached hydrogens (tertiary/aromatic N) is 1. The second kappa shape index (κ2) is 3.94. The maximum absolute atomic E-state index is 12.2. The summed E-state index contributed by atoms with van der Waals surface area (Å²) >= 11 is 1.58. The lowest BCUT2D eigenvalue weighted by Crippen LogP contribution is -2.40. The number of nitrogens with two attached hydrogens (primary N) is 1. The Kier molecular flexibility index (Phi) is 2.80. The molecule has 0 spiro atoms. The highest BCUT2D eigenvalue weighted by Crippen LogP contribution is 2.22. The molecule has 1 aromatic heterocycles. The molecule has 1 fully saturated rings. The first-order valence-corrected chi connectivity index (χ1v) is 6.15. The van der Waals surface area contributed by atoms with Gasteiger partial charge in [0.2, 0.25) is 0 Å². The fraction of sp³-hybridized carbons (Fsp3) is 0.545. The number of aryl methyl sites for hydroxylation is 1. The van der Waals surface area contributed by atoms with Gasteiger partial charge >= 0.3 is 0 Å². The summed E-state index contributed by atoms with van der Waals surface area (Å²) in [5.41, 5.74) is 7.81. The fourth-order valence-corrected chi connectivity index (χ4v) is 2.81. The van der Waals surface area contributed by atoms with E-state index in [9.17, 15) is 4.79 Å². The van der Waals surface area contributed by atoms with Crippen LogP contribution in [0.4, 0.5) is 0 Å². The van der Waals surface area contributed by atoms with Crippen LogP contribution in [0.5, 0.6) is 0 Å². The maximum atomic E-state index is 12.2. The number of likely N-dealkylation sites (tertiary alicyclic amines) is 1. The summed E-state index contributed by atoms with van der Waals surface area (Å²) in [6.45, 7) is 4.79. The summed E-state index contributed by atoms with van der Waals surface area (Å²) in [4.78, 5) is 14.1. The summed E-state index contributed by atoms with van der Waals surface area (Å²) in [5, 5.41) is 3.93. The van der Waals surface area contributed by atoms with E-state index in [0.717, 1.165) is 24.1 Å². The number of carbonyl (C=O) groups is 1. The van der Waals surface area contributed by atoms with E-state index in [0.29, 0.717) is 0 Å². The van der Waals surface area contributed by atoms with Crippen LogP contribution < -0.4 is 5.73 Å². The first-order valence-electron chi connectivity index (χ1n) is 5.20. The van der Waals surface area contributed by atoms with Gasteiger partial charge in [-0.05, 0) is 31.2 Å². The molecule has 2 atom stereocenters. The maximum Gasteiger partial charge on any atom is 0.255 e. The molecule has 0 saturated carbocycles. The third-order valence-corrected chi connectivity index (χ3v) is 4.02. The molecule has 1 saturated heterocycles. The van der Waals surface area contributed by atoms with Crippen molar-refractivity contribution < 1.29 is 4.79 Å². The number of amides is 1. The molecule has 15 heavy (non-hydrogen) atoms. The van der Waals surface area contributed by atoms with E-state index in [1.807, 2.05) is 29.5 Å². The van der Waals surface area contributed by atoms with E-state index in [1.54, 1.807) is 11.3 Å². The zero-order valence-corrected chi connectivity index (χ0v) is 9.88. The van der Waals surface area contributed by atoms with Crippen molar-refractivity contribution in [2.24, 2.45) is 5.73 Å². The second-order valence-electron chi connectivity index (χ2n) is 4.16. The number of carbonyl (C=O) groups excluding carboxylic acids is 1. The highest BCUT2D eigenvalue weighted by Gasteiger charge is 2.32. The Labute approximate surface area is 93.9 Å². The molecule has 1 aliphatic rings. The van der Waals surface area contributed by atoms with Gasteiger partial charge in [0.05, 0.1) is 5.56 Å². The van der Waals surface area contributed by atoms with Crippen molar-refractivity contribution >= 4 is 17.2 Å². The van der Waals surface area contributed by atoms with Crippen LogP contribution in [0.2, 0.25) is 0 Å². The van der Waals surface area contributed by atoms with E-state index >= 15 is 0 Å². The molecular formula is C11H16N2OS. The van der Waals surface area contributed by atoms with Crippen molar-refractivity contribution in [3.8, 4) is 0 Å². The third kappa shape index (κ3) is 1.79. The van der Waals surface area contributed by atoms with Gasteiger partial charge in [-0.15, -0.1) is 0 Å². The summed E-state index contributed by atoms with van der Waals surface area (Å²) in [6.07, 6.45) is 0.913. The topological polar surface area (TPSA) is 46.3 Å². The van der Waals surface area contributed by atoms with Crippen LogP contribution in [0.1, 0.15) is 29.3 Å². The Hall–Kier alpha value is -0.870. The molecular weight excluding hydrogens is 208 g/mol. The van der Waals surface area contributed by atoms with Crippen molar-refractivity contribution in [3.05, 3.63) is 21.9 Å². The molecule has 2 rings (SSSR count). The smallest absolute Gasteiger partial charge is 0.255 e. The number of thiophene rings is 1. The fourth-order valence-electron chi connectivity index (χ4n) is 1.98. The van der Waals surface area contributed by atoms with Gasteiger partial charge in [0, 0.05) is 24.0 Å². The summed E-state index contributed by atoms with van der Waals surface area (Å²) in [5.74, 6) is 0.134. The lowest BCUT2D eigenvalue weighted by Gasteiger charge is -2.23. The Morgan fingerprint density at radius 1 is 1.60 bits per heavy atom. The van der Waals surface area contributed by atoms with E-state index in [2.05, 4.69) is 0 Å². The molecule has 1 amide bonds. The van der Waals surface area contributed by atoms with E-state index in [4.69, 9.17) is 5.73 Å². The van der Waals surface area contributed by atoms with Crippen molar-refractivity contribution in [1.82, 2.24) is 4.90 Å². The molecule has 0 aromatic carbocycles.